The fraction of sp³-hybridized carbons (Fsp3) is 0.360. The Morgan fingerprint density at radius 3 is 1.55 bits per heavy atom. The molecule has 0 aliphatic heterocycles. The number of benzene rings is 2. The van der Waals surface area contributed by atoms with Crippen LogP contribution < -0.4 is 37.2 Å². The van der Waals surface area contributed by atoms with Gasteiger partial charge in [-0.2, -0.15) is 0 Å². The third-order valence-corrected chi connectivity index (χ3v) is 6.03. The smallest absolute Gasteiger partial charge is 1.00 e. The molecule has 0 nitrogen and oxygen atoms in total. The molecule has 29 heavy (non-hydrogen) atoms. The molecule has 154 valence electrons. The average Bonchev–Trinajstić information content (AvgIpc) is 2.88. The van der Waals surface area contributed by atoms with Crippen LogP contribution in [0, 0.1) is 27.7 Å². The summed E-state index contributed by atoms with van der Waals surface area (Å²) in [5.74, 6) is 0.363. The van der Waals surface area contributed by atoms with Crippen molar-refractivity contribution in [2.75, 3.05) is 0 Å². The summed E-state index contributed by atoms with van der Waals surface area (Å²) in [6.45, 7) is 11.2. The molecule has 0 fully saturated rings. The second-order valence-electron chi connectivity index (χ2n) is 7.85. The van der Waals surface area contributed by atoms with E-state index >= 15 is 0 Å². The van der Waals surface area contributed by atoms with Gasteiger partial charge in [-0.05, 0) is 0 Å². The molecule has 0 atom stereocenters. The van der Waals surface area contributed by atoms with E-state index in [9.17, 15) is 0 Å². The molecule has 0 saturated carbocycles. The van der Waals surface area contributed by atoms with Crippen LogP contribution in [-0.4, -0.2) is 0 Å². The van der Waals surface area contributed by atoms with E-state index in [4.69, 9.17) is 0 Å². The molecule has 0 saturated heterocycles. The first kappa shape index (κ1) is 28.5. The van der Waals surface area contributed by atoms with Crippen LogP contribution in [0.15, 0.2) is 57.5 Å². The number of hydrogen-bond acceptors (Lipinski definition) is 0. The molecule has 2 aromatic carbocycles. The van der Waals surface area contributed by atoms with Crippen LogP contribution in [0.5, 0.6) is 0 Å². The Bertz CT molecular complexity index is 805. The quantitative estimate of drug-likeness (QED) is 0.432. The molecule has 0 aromatic heterocycles. The zero-order valence-electron chi connectivity index (χ0n) is 17.9. The van der Waals surface area contributed by atoms with Gasteiger partial charge in [-0.3, -0.25) is 0 Å². The first-order valence-corrected chi connectivity index (χ1v) is 10.5. The summed E-state index contributed by atoms with van der Waals surface area (Å²) in [6.07, 6.45) is 5.91. The molecule has 0 bridgehead atoms. The summed E-state index contributed by atoms with van der Waals surface area (Å²) in [7, 11) is 0. The summed E-state index contributed by atoms with van der Waals surface area (Å²) < 4.78 is 1.49. The summed E-state index contributed by atoms with van der Waals surface area (Å²) >= 11 is 2.29. The largest absolute Gasteiger partial charge is 1.00 e. The first-order valence-electron chi connectivity index (χ1n) is 9.69. The number of halogens is 3. The van der Waals surface area contributed by atoms with Gasteiger partial charge in [0, 0.05) is 0 Å². The van der Waals surface area contributed by atoms with E-state index in [-0.39, 0.29) is 37.2 Å². The maximum absolute atomic E-state index is 2.43. The third-order valence-electron chi connectivity index (χ3n) is 5.24. The molecule has 0 heterocycles. The monoisotopic (exact) mass is 482 g/mol. The zero-order valence-corrected chi connectivity index (χ0v) is 21.7. The van der Waals surface area contributed by atoms with Gasteiger partial charge >= 0.3 is 171 Å². The van der Waals surface area contributed by atoms with E-state index in [0.717, 1.165) is 6.42 Å². The van der Waals surface area contributed by atoms with Crippen molar-refractivity contribution in [2.45, 2.75) is 59.8 Å². The molecule has 1 aliphatic carbocycles. The van der Waals surface area contributed by atoms with Gasteiger partial charge in [-0.25, -0.2) is 0 Å². The Morgan fingerprint density at radius 1 is 0.759 bits per heavy atom. The summed E-state index contributed by atoms with van der Waals surface area (Å²) in [4.78, 5) is 0. The van der Waals surface area contributed by atoms with Crippen LogP contribution in [0.1, 0.15) is 65.5 Å². The number of aryl methyl sites for hydroxylation is 4. The minimum absolute atomic E-state index is 0. The number of hydrogen-bond donors (Lipinski definition) is 0. The van der Waals surface area contributed by atoms with Crippen LogP contribution in [0.3, 0.4) is 0 Å². The molecule has 0 radical (unpaired) electrons. The van der Waals surface area contributed by atoms with Gasteiger partial charge in [0.1, 0.15) is 0 Å². The van der Waals surface area contributed by atoms with E-state index in [1.807, 2.05) is 0 Å². The van der Waals surface area contributed by atoms with Gasteiger partial charge in [-0.15, -0.1) is 0 Å². The zero-order chi connectivity index (χ0) is 18.8. The van der Waals surface area contributed by atoms with Gasteiger partial charge in [-0.1, -0.05) is 0 Å². The summed E-state index contributed by atoms with van der Waals surface area (Å²) in [5, 5.41) is 0. The van der Waals surface area contributed by atoms with Crippen molar-refractivity contribution in [3.05, 3.63) is 90.9 Å². The van der Waals surface area contributed by atoms with E-state index in [2.05, 4.69) is 97.5 Å². The Labute approximate surface area is 207 Å². The first-order chi connectivity index (χ1) is 12.4. The molecule has 0 unspecified atom stereocenters. The molecule has 4 heteroatoms. The van der Waals surface area contributed by atoms with Crippen molar-refractivity contribution in [3.8, 4) is 0 Å². The molecule has 1 aliphatic rings. The van der Waals surface area contributed by atoms with E-state index in [1.165, 1.54) is 50.1 Å². The van der Waals surface area contributed by atoms with Crippen molar-refractivity contribution >= 4 is 0 Å². The van der Waals surface area contributed by atoms with Crippen LogP contribution in [0.4, 0.5) is 0 Å². The second kappa shape index (κ2) is 12.4. The Morgan fingerprint density at radius 2 is 1.17 bits per heavy atom. The van der Waals surface area contributed by atoms with Crippen molar-refractivity contribution < 1.29 is 57.7 Å². The fourth-order valence-corrected chi connectivity index (χ4v) is 5.02. The molecular formula is C25H29Cl3Ti. The van der Waals surface area contributed by atoms with E-state index in [1.54, 1.807) is 11.1 Å². The van der Waals surface area contributed by atoms with Crippen LogP contribution >= 0.6 is 0 Å². The van der Waals surface area contributed by atoms with Gasteiger partial charge in [0.2, 0.25) is 0 Å². The molecular weight excluding hydrogens is 455 g/mol. The maximum atomic E-state index is 2.43. The number of allylic oxidation sites excluding steroid dienone is 4. The maximum Gasteiger partial charge on any atom is -1.00 e. The molecule has 0 amide bonds. The standard InChI is InChI=1S/C25H29.3ClH.Ti/c1-6-8-21-9-7-10-24(21)25(22-13-17(2)11-18(3)14-22)23-15-19(4)12-20(5)16-23;;;;/h7,11-16,25H,6,8,10H2,1-5H3;3*1H;/q;;;;+3/p-3. The SMILES string of the molecule is CCCC1=C(C(c2cc(C)cc(C)c2)c2cc(C)cc(C)c2)CC=[C]1[Ti+3].[Cl-].[Cl-].[Cl-]. The number of rotatable bonds is 5. The average molecular weight is 484 g/mol. The summed E-state index contributed by atoms with van der Waals surface area (Å²) in [5.41, 5.74) is 11.5. The summed E-state index contributed by atoms with van der Waals surface area (Å²) in [6, 6.07) is 14.1. The topological polar surface area (TPSA) is 0 Å². The molecule has 3 rings (SSSR count). The van der Waals surface area contributed by atoms with Gasteiger partial charge in [0.15, 0.2) is 0 Å². The molecule has 0 spiro atoms. The van der Waals surface area contributed by atoms with Crippen molar-refractivity contribution in [3.63, 3.8) is 0 Å². The van der Waals surface area contributed by atoms with Crippen molar-refractivity contribution in [1.82, 2.24) is 0 Å². The fourth-order valence-electron chi connectivity index (χ4n) is 4.42. The normalized spacial score (nSPS) is 12.9. The van der Waals surface area contributed by atoms with Crippen LogP contribution in [-0.2, 0) is 20.4 Å². The third kappa shape index (κ3) is 6.74. The van der Waals surface area contributed by atoms with Crippen molar-refractivity contribution in [2.24, 2.45) is 0 Å². The molecule has 0 N–H and O–H groups in total. The van der Waals surface area contributed by atoms with Gasteiger partial charge < -0.3 is 37.2 Å². The minimum Gasteiger partial charge on any atom is -1.00 e. The van der Waals surface area contributed by atoms with Crippen LogP contribution in [0.2, 0.25) is 0 Å². The van der Waals surface area contributed by atoms with E-state index < -0.39 is 0 Å². The Hall–Kier alpha value is -0.496. The van der Waals surface area contributed by atoms with Gasteiger partial charge in [0.05, 0.1) is 0 Å². The molecule has 2 aromatic rings. The Balaban J connectivity index is 0.00000261. The van der Waals surface area contributed by atoms with Crippen molar-refractivity contribution in [1.29, 1.82) is 0 Å². The Kier molecular flexibility index (Phi) is 12.2. The van der Waals surface area contributed by atoms with Crippen LogP contribution in [0.25, 0.3) is 0 Å². The predicted octanol–water partition coefficient (Wildman–Crippen LogP) is -2.00. The minimum atomic E-state index is 0. The van der Waals surface area contributed by atoms with Gasteiger partial charge in [0.25, 0.3) is 0 Å². The second-order valence-corrected chi connectivity index (χ2v) is 8.69. The predicted molar refractivity (Wildman–Crippen MR) is 108 cm³/mol. The van der Waals surface area contributed by atoms with E-state index in [0.29, 0.717) is 5.92 Å².